The number of aryl methyl sites for hydroxylation is 3. The van der Waals surface area contributed by atoms with Crippen molar-refractivity contribution in [2.24, 2.45) is 0 Å². The summed E-state index contributed by atoms with van der Waals surface area (Å²) in [6.45, 7) is 5.31. The van der Waals surface area contributed by atoms with Crippen molar-refractivity contribution in [2.75, 3.05) is 10.5 Å². The van der Waals surface area contributed by atoms with E-state index in [0.717, 1.165) is 23.3 Å². The van der Waals surface area contributed by atoms with Gasteiger partial charge in [0, 0.05) is 5.69 Å². The molecule has 2 aromatic carbocycles. The van der Waals surface area contributed by atoms with E-state index in [9.17, 15) is 12.8 Å². The van der Waals surface area contributed by atoms with Crippen LogP contribution >= 0.6 is 0 Å². The van der Waals surface area contributed by atoms with E-state index < -0.39 is 20.7 Å². The molecule has 0 heterocycles. The molecule has 2 rings (SSSR count). The summed E-state index contributed by atoms with van der Waals surface area (Å²) < 4.78 is 40.9. The molecule has 2 aromatic rings. The molecule has 21 heavy (non-hydrogen) atoms. The maximum atomic E-state index is 13.9. The van der Waals surface area contributed by atoms with Crippen LogP contribution in [0.1, 0.15) is 16.7 Å². The van der Waals surface area contributed by atoms with E-state index >= 15 is 0 Å². The lowest BCUT2D eigenvalue weighted by atomic mass is 10.1. The third kappa shape index (κ3) is 3.16. The molecular weight excluding hydrogens is 291 g/mol. The van der Waals surface area contributed by atoms with E-state index in [1.165, 1.54) is 0 Å². The van der Waals surface area contributed by atoms with Crippen molar-refractivity contribution in [2.45, 2.75) is 25.7 Å². The van der Waals surface area contributed by atoms with Crippen LogP contribution in [0.15, 0.2) is 35.2 Å². The monoisotopic (exact) mass is 308 g/mol. The number of hydrogen-bond donors (Lipinski definition) is 2. The van der Waals surface area contributed by atoms with Crippen LogP contribution in [0.2, 0.25) is 0 Å². The van der Waals surface area contributed by atoms with Crippen LogP contribution in [-0.2, 0) is 10.0 Å². The Kier molecular flexibility index (Phi) is 3.91. The van der Waals surface area contributed by atoms with Crippen molar-refractivity contribution in [3.63, 3.8) is 0 Å². The molecule has 0 saturated heterocycles. The van der Waals surface area contributed by atoms with Crippen molar-refractivity contribution >= 4 is 21.4 Å². The highest BCUT2D eigenvalue weighted by molar-refractivity contribution is 7.92. The Labute approximate surface area is 123 Å². The molecule has 3 N–H and O–H groups in total. The Hall–Kier alpha value is -2.08. The van der Waals surface area contributed by atoms with Gasteiger partial charge in [0.1, 0.15) is 10.7 Å². The van der Waals surface area contributed by atoms with E-state index in [0.29, 0.717) is 11.3 Å². The van der Waals surface area contributed by atoms with Crippen LogP contribution in [-0.4, -0.2) is 8.42 Å². The molecule has 0 unspecified atom stereocenters. The number of nitrogens with one attached hydrogen (secondary N) is 1. The van der Waals surface area contributed by atoms with Gasteiger partial charge in [-0.3, -0.25) is 4.72 Å². The van der Waals surface area contributed by atoms with Crippen LogP contribution in [0, 0.1) is 26.6 Å². The second-order valence-electron chi connectivity index (χ2n) is 5.06. The molecule has 0 radical (unpaired) electrons. The van der Waals surface area contributed by atoms with Crippen LogP contribution in [0.4, 0.5) is 15.8 Å². The molecule has 6 heteroatoms. The zero-order valence-corrected chi connectivity index (χ0v) is 12.9. The number of sulfonamides is 1. The van der Waals surface area contributed by atoms with E-state index in [4.69, 9.17) is 5.73 Å². The van der Waals surface area contributed by atoms with Crippen molar-refractivity contribution in [1.82, 2.24) is 0 Å². The van der Waals surface area contributed by atoms with Gasteiger partial charge in [-0.25, -0.2) is 12.8 Å². The van der Waals surface area contributed by atoms with Crippen LogP contribution < -0.4 is 10.5 Å². The molecule has 0 atom stereocenters. The SMILES string of the molecule is Cc1ccc(NS(=O)(=O)c2cc(N)c(C)cc2F)c(C)c1. The Morgan fingerprint density at radius 2 is 1.71 bits per heavy atom. The molecule has 0 fully saturated rings. The number of nitrogen functional groups attached to an aromatic ring is 1. The number of hydrogen-bond acceptors (Lipinski definition) is 3. The summed E-state index contributed by atoms with van der Waals surface area (Å²) in [5.74, 6) is -0.820. The minimum absolute atomic E-state index is 0.234. The molecule has 0 aliphatic carbocycles. The van der Waals surface area contributed by atoms with Crippen molar-refractivity contribution in [1.29, 1.82) is 0 Å². The largest absolute Gasteiger partial charge is 0.398 e. The van der Waals surface area contributed by atoms with Gasteiger partial charge in [0.05, 0.1) is 5.69 Å². The van der Waals surface area contributed by atoms with Gasteiger partial charge in [0.15, 0.2) is 0 Å². The van der Waals surface area contributed by atoms with Crippen molar-refractivity contribution in [3.05, 3.63) is 52.8 Å². The van der Waals surface area contributed by atoms with Gasteiger partial charge in [-0.05, 0) is 50.1 Å². The topological polar surface area (TPSA) is 72.2 Å². The quantitative estimate of drug-likeness (QED) is 0.856. The summed E-state index contributed by atoms with van der Waals surface area (Å²) in [7, 11) is -4.02. The zero-order valence-electron chi connectivity index (χ0n) is 12.1. The molecule has 0 bridgehead atoms. The first-order chi connectivity index (χ1) is 9.70. The van der Waals surface area contributed by atoms with Crippen molar-refractivity contribution < 1.29 is 12.8 Å². The van der Waals surface area contributed by atoms with Crippen LogP contribution in [0.25, 0.3) is 0 Å². The summed E-state index contributed by atoms with van der Waals surface area (Å²) in [4.78, 5) is -0.453. The normalized spacial score (nSPS) is 11.4. The standard InChI is InChI=1S/C15H17FN2O2S/c1-9-4-5-14(11(3)6-9)18-21(19,20)15-8-13(17)10(2)7-12(15)16/h4-8,18H,17H2,1-3H3. The van der Waals surface area contributed by atoms with E-state index in [-0.39, 0.29) is 5.69 Å². The second-order valence-corrected chi connectivity index (χ2v) is 6.71. The summed E-state index contributed by atoms with van der Waals surface area (Å²) in [6, 6.07) is 7.53. The fraction of sp³-hybridized carbons (Fsp3) is 0.200. The molecule has 0 aromatic heterocycles. The maximum absolute atomic E-state index is 13.9. The number of rotatable bonds is 3. The van der Waals surface area contributed by atoms with Crippen LogP contribution in [0.3, 0.4) is 0 Å². The first kappa shape index (κ1) is 15.3. The number of benzene rings is 2. The van der Waals surface area contributed by atoms with E-state index in [2.05, 4.69) is 4.72 Å². The summed E-state index contributed by atoms with van der Waals surface area (Å²) in [5, 5.41) is 0. The summed E-state index contributed by atoms with van der Waals surface area (Å²) in [5.41, 5.74) is 8.60. The van der Waals surface area contributed by atoms with Crippen LogP contribution in [0.5, 0.6) is 0 Å². The van der Waals surface area contributed by atoms with Gasteiger partial charge in [-0.15, -0.1) is 0 Å². The summed E-state index contributed by atoms with van der Waals surface area (Å²) in [6.07, 6.45) is 0. The lowest BCUT2D eigenvalue weighted by molar-refractivity contribution is 0.570. The van der Waals surface area contributed by atoms with Gasteiger partial charge >= 0.3 is 0 Å². The van der Waals surface area contributed by atoms with Gasteiger partial charge in [-0.1, -0.05) is 17.7 Å². The second kappa shape index (κ2) is 5.37. The van der Waals surface area contributed by atoms with Gasteiger partial charge in [-0.2, -0.15) is 0 Å². The lowest BCUT2D eigenvalue weighted by Gasteiger charge is -2.13. The molecule has 112 valence electrons. The molecule has 0 saturated carbocycles. The average Bonchev–Trinajstić information content (AvgIpc) is 2.37. The Morgan fingerprint density at radius 1 is 1.05 bits per heavy atom. The van der Waals surface area contributed by atoms with Crippen molar-refractivity contribution in [3.8, 4) is 0 Å². The molecule has 0 aliphatic rings. The minimum atomic E-state index is -4.02. The molecule has 0 amide bonds. The smallest absolute Gasteiger partial charge is 0.264 e. The number of anilines is 2. The predicted molar refractivity (Wildman–Crippen MR) is 82.3 cm³/mol. The highest BCUT2D eigenvalue weighted by Gasteiger charge is 2.21. The first-order valence-corrected chi connectivity index (χ1v) is 7.85. The summed E-state index contributed by atoms with van der Waals surface area (Å²) >= 11 is 0. The molecule has 4 nitrogen and oxygen atoms in total. The van der Waals surface area contributed by atoms with E-state index in [1.54, 1.807) is 26.0 Å². The maximum Gasteiger partial charge on any atom is 0.264 e. The lowest BCUT2D eigenvalue weighted by Crippen LogP contribution is -2.16. The molecule has 0 aliphatic heterocycles. The fourth-order valence-corrected chi connectivity index (χ4v) is 3.23. The Morgan fingerprint density at radius 3 is 2.33 bits per heavy atom. The minimum Gasteiger partial charge on any atom is -0.398 e. The van der Waals surface area contributed by atoms with E-state index in [1.807, 2.05) is 13.0 Å². The fourth-order valence-electron chi connectivity index (χ4n) is 2.00. The van der Waals surface area contributed by atoms with Gasteiger partial charge < -0.3 is 5.73 Å². The highest BCUT2D eigenvalue weighted by atomic mass is 32.2. The zero-order chi connectivity index (χ0) is 15.8. The highest BCUT2D eigenvalue weighted by Crippen LogP contribution is 2.25. The molecule has 0 spiro atoms. The average molecular weight is 308 g/mol. The Balaban J connectivity index is 2.46. The predicted octanol–water partition coefficient (Wildman–Crippen LogP) is 3.13. The third-order valence-corrected chi connectivity index (χ3v) is 4.62. The molecular formula is C15H17FN2O2S. The number of nitrogens with two attached hydrogens (primary N) is 1. The van der Waals surface area contributed by atoms with Gasteiger partial charge in [0.2, 0.25) is 0 Å². The number of halogens is 1. The third-order valence-electron chi connectivity index (χ3n) is 3.24. The van der Waals surface area contributed by atoms with Gasteiger partial charge in [0.25, 0.3) is 10.0 Å². The Bertz CT molecular complexity index is 802. The first-order valence-electron chi connectivity index (χ1n) is 6.36.